The van der Waals surface area contributed by atoms with Gasteiger partial charge >= 0.3 is 0 Å². The van der Waals surface area contributed by atoms with Gasteiger partial charge in [0.1, 0.15) is 18.0 Å². The Labute approximate surface area is 205 Å². The Hall–Kier alpha value is -3.23. The van der Waals surface area contributed by atoms with E-state index in [4.69, 9.17) is 21.1 Å². The van der Waals surface area contributed by atoms with Crippen molar-refractivity contribution in [2.45, 2.75) is 18.4 Å². The maximum absolute atomic E-state index is 13.7. The van der Waals surface area contributed by atoms with Crippen molar-refractivity contribution in [2.24, 2.45) is 0 Å². The Morgan fingerprint density at radius 1 is 0.941 bits per heavy atom. The molecule has 0 radical (unpaired) electrons. The van der Waals surface area contributed by atoms with Crippen molar-refractivity contribution >= 4 is 33.2 Å². The summed E-state index contributed by atoms with van der Waals surface area (Å²) in [6.07, 6.45) is 0. The first kappa shape index (κ1) is 25.4. The largest absolute Gasteiger partial charge is 0.496 e. The maximum atomic E-state index is 13.7. The number of rotatable bonds is 10. The summed E-state index contributed by atoms with van der Waals surface area (Å²) in [7, 11) is -0.921. The minimum atomic E-state index is -4.10. The number of carbonyl (C=O) groups excluding carboxylic acids is 1. The van der Waals surface area contributed by atoms with Crippen LogP contribution in [0.2, 0.25) is 5.02 Å². The van der Waals surface area contributed by atoms with Crippen molar-refractivity contribution in [1.29, 1.82) is 0 Å². The molecule has 0 aliphatic carbocycles. The normalized spacial score (nSPS) is 11.1. The second-order valence-electron chi connectivity index (χ2n) is 7.43. The fraction of sp³-hybridized carbons (Fsp3) is 0.240. The number of ether oxygens (including phenoxy) is 2. The third-order valence-electron chi connectivity index (χ3n) is 5.14. The summed E-state index contributed by atoms with van der Waals surface area (Å²) in [5.74, 6) is 0.618. The molecule has 0 N–H and O–H groups in total. The molecule has 34 heavy (non-hydrogen) atoms. The molecule has 0 atom stereocenters. The van der Waals surface area contributed by atoms with Crippen LogP contribution in [0.25, 0.3) is 0 Å². The maximum Gasteiger partial charge on any atom is 0.264 e. The van der Waals surface area contributed by atoms with Crippen molar-refractivity contribution < 1.29 is 22.7 Å². The summed E-state index contributed by atoms with van der Waals surface area (Å²) in [5.41, 5.74) is 1.08. The Morgan fingerprint density at radius 3 is 2.21 bits per heavy atom. The predicted octanol–water partition coefficient (Wildman–Crippen LogP) is 4.60. The number of benzene rings is 3. The van der Waals surface area contributed by atoms with Crippen molar-refractivity contribution in [3.05, 3.63) is 83.4 Å². The summed E-state index contributed by atoms with van der Waals surface area (Å²) in [6.45, 7) is 1.99. The van der Waals surface area contributed by atoms with Gasteiger partial charge in [0, 0.05) is 24.2 Å². The van der Waals surface area contributed by atoms with Crippen LogP contribution in [0.1, 0.15) is 12.5 Å². The molecule has 0 saturated heterocycles. The van der Waals surface area contributed by atoms with E-state index in [0.29, 0.717) is 23.1 Å². The molecule has 0 spiro atoms. The van der Waals surface area contributed by atoms with Gasteiger partial charge in [-0.05, 0) is 49.4 Å². The number of halogens is 1. The lowest BCUT2D eigenvalue weighted by Gasteiger charge is -2.28. The summed E-state index contributed by atoms with van der Waals surface area (Å²) in [5, 5.41) is 0.410. The lowest BCUT2D eigenvalue weighted by atomic mass is 10.2. The van der Waals surface area contributed by atoms with E-state index in [0.717, 1.165) is 9.87 Å². The summed E-state index contributed by atoms with van der Waals surface area (Å²) < 4.78 is 39.4. The fourth-order valence-electron chi connectivity index (χ4n) is 3.40. The lowest BCUT2D eigenvalue weighted by molar-refractivity contribution is -0.128. The number of hydrogen-bond donors (Lipinski definition) is 0. The highest BCUT2D eigenvalue weighted by atomic mass is 35.5. The van der Waals surface area contributed by atoms with Crippen molar-refractivity contribution in [3.63, 3.8) is 0 Å². The highest BCUT2D eigenvalue weighted by molar-refractivity contribution is 7.92. The van der Waals surface area contributed by atoms with Gasteiger partial charge in [-0.1, -0.05) is 41.9 Å². The number of nitrogens with zero attached hydrogens (tertiary/aromatic N) is 2. The van der Waals surface area contributed by atoms with Crippen LogP contribution in [0.15, 0.2) is 77.7 Å². The predicted molar refractivity (Wildman–Crippen MR) is 133 cm³/mol. The van der Waals surface area contributed by atoms with Crippen LogP contribution in [-0.4, -0.2) is 46.5 Å². The van der Waals surface area contributed by atoms with Crippen molar-refractivity contribution in [1.82, 2.24) is 4.90 Å². The van der Waals surface area contributed by atoms with Gasteiger partial charge in [0.25, 0.3) is 10.0 Å². The summed E-state index contributed by atoms with van der Waals surface area (Å²) in [6, 6.07) is 19.9. The molecule has 0 aromatic heterocycles. The molecular weight excluding hydrogens is 476 g/mol. The Morgan fingerprint density at radius 2 is 1.56 bits per heavy atom. The average Bonchev–Trinajstić information content (AvgIpc) is 2.83. The molecule has 3 aromatic rings. The van der Waals surface area contributed by atoms with Gasteiger partial charge in [-0.15, -0.1) is 0 Å². The topological polar surface area (TPSA) is 76.2 Å². The van der Waals surface area contributed by atoms with E-state index in [1.165, 1.54) is 29.2 Å². The van der Waals surface area contributed by atoms with Crippen LogP contribution >= 0.6 is 11.6 Å². The molecule has 9 heteroatoms. The first-order valence-electron chi connectivity index (χ1n) is 10.6. The minimum absolute atomic E-state index is 0.0170. The molecule has 3 rings (SSSR count). The molecule has 0 aliphatic heterocycles. The first-order valence-corrected chi connectivity index (χ1v) is 12.5. The van der Waals surface area contributed by atoms with E-state index < -0.39 is 22.5 Å². The molecule has 7 nitrogen and oxygen atoms in total. The molecule has 1 amide bonds. The van der Waals surface area contributed by atoms with Gasteiger partial charge < -0.3 is 14.4 Å². The van der Waals surface area contributed by atoms with Gasteiger partial charge in [0.05, 0.1) is 24.3 Å². The summed E-state index contributed by atoms with van der Waals surface area (Å²) >= 11 is 5.95. The number of methoxy groups -OCH3 is 1. The van der Waals surface area contributed by atoms with Crippen LogP contribution in [0.4, 0.5) is 5.69 Å². The van der Waals surface area contributed by atoms with Crippen LogP contribution in [0, 0.1) is 0 Å². The first-order chi connectivity index (χ1) is 16.3. The van der Waals surface area contributed by atoms with E-state index in [-0.39, 0.29) is 17.1 Å². The molecule has 0 aliphatic rings. The Bertz CT molecular complexity index is 1230. The number of likely N-dealkylation sites (N-methyl/N-ethyl adjacent to an activating group) is 1. The van der Waals surface area contributed by atoms with E-state index in [1.807, 2.05) is 24.3 Å². The number of hydrogen-bond acceptors (Lipinski definition) is 5. The zero-order valence-electron chi connectivity index (χ0n) is 19.3. The second-order valence-corrected chi connectivity index (χ2v) is 9.73. The van der Waals surface area contributed by atoms with E-state index in [9.17, 15) is 13.2 Å². The molecule has 0 bridgehead atoms. The van der Waals surface area contributed by atoms with E-state index in [1.54, 1.807) is 45.3 Å². The Kier molecular flexibility index (Phi) is 8.41. The molecule has 0 heterocycles. The van der Waals surface area contributed by atoms with Crippen LogP contribution < -0.4 is 13.8 Å². The smallest absolute Gasteiger partial charge is 0.264 e. The monoisotopic (exact) mass is 502 g/mol. The number of amides is 1. The zero-order chi connectivity index (χ0) is 24.7. The summed E-state index contributed by atoms with van der Waals surface area (Å²) in [4.78, 5) is 14.7. The second kappa shape index (κ2) is 11.3. The van der Waals surface area contributed by atoms with E-state index in [2.05, 4.69) is 0 Å². The third kappa shape index (κ3) is 5.81. The molecule has 0 saturated carbocycles. The third-order valence-corrected chi connectivity index (χ3v) is 7.17. The average molecular weight is 503 g/mol. The highest BCUT2D eigenvalue weighted by Gasteiger charge is 2.30. The SMILES string of the molecule is CCOc1ccccc1N(CC(=O)N(C)Cc1ccccc1OC)S(=O)(=O)c1ccc(Cl)cc1. The van der Waals surface area contributed by atoms with Gasteiger partial charge in [0.2, 0.25) is 5.91 Å². The van der Waals surface area contributed by atoms with Crippen molar-refractivity contribution in [2.75, 3.05) is 31.6 Å². The Balaban J connectivity index is 1.97. The quantitative estimate of drug-likeness (QED) is 0.405. The van der Waals surface area contributed by atoms with Gasteiger partial charge in [-0.25, -0.2) is 8.42 Å². The number of para-hydroxylation sites is 3. The molecular formula is C25H27ClN2O5S. The standard InChI is InChI=1S/C25H27ClN2O5S/c1-4-33-24-12-8-6-10-22(24)28(34(30,31)21-15-13-20(26)14-16-21)18-25(29)27(2)17-19-9-5-7-11-23(19)32-3/h5-16H,4,17-18H2,1-3H3. The van der Waals surface area contributed by atoms with Gasteiger partial charge in [0.15, 0.2) is 0 Å². The molecule has 180 valence electrons. The number of carbonyl (C=O) groups is 1. The highest BCUT2D eigenvalue weighted by Crippen LogP contribution is 2.33. The molecule has 3 aromatic carbocycles. The van der Waals surface area contributed by atoms with Gasteiger partial charge in [-0.2, -0.15) is 0 Å². The number of sulfonamides is 1. The van der Waals surface area contributed by atoms with Crippen LogP contribution in [-0.2, 0) is 21.4 Å². The van der Waals surface area contributed by atoms with Crippen LogP contribution in [0.3, 0.4) is 0 Å². The molecule has 0 fully saturated rings. The van der Waals surface area contributed by atoms with Crippen LogP contribution in [0.5, 0.6) is 11.5 Å². The molecule has 0 unspecified atom stereocenters. The number of anilines is 1. The van der Waals surface area contributed by atoms with Gasteiger partial charge in [-0.3, -0.25) is 9.10 Å². The zero-order valence-corrected chi connectivity index (χ0v) is 20.8. The van der Waals surface area contributed by atoms with Crippen molar-refractivity contribution in [3.8, 4) is 11.5 Å². The van der Waals surface area contributed by atoms with E-state index >= 15 is 0 Å². The lowest BCUT2D eigenvalue weighted by Crippen LogP contribution is -2.41. The fourth-order valence-corrected chi connectivity index (χ4v) is 4.95. The minimum Gasteiger partial charge on any atom is -0.496 e.